The summed E-state index contributed by atoms with van der Waals surface area (Å²) in [6.07, 6.45) is 4.47. The van der Waals surface area contributed by atoms with Crippen molar-refractivity contribution in [2.75, 3.05) is 0 Å². The highest BCUT2D eigenvalue weighted by Crippen LogP contribution is 2.06. The van der Waals surface area contributed by atoms with Gasteiger partial charge in [-0.25, -0.2) is 9.97 Å². The molecule has 2 heterocycles. The van der Waals surface area contributed by atoms with Crippen LogP contribution in [0.5, 0.6) is 0 Å². The molecule has 0 saturated carbocycles. The maximum Gasteiger partial charge on any atom is 0.177 e. The summed E-state index contributed by atoms with van der Waals surface area (Å²) in [6.45, 7) is 0. The molecule has 0 spiro atoms. The molecular weight excluding hydrogens is 156 g/mol. The first-order chi connectivity index (χ1) is 5.90. The van der Waals surface area contributed by atoms with Gasteiger partial charge in [0.1, 0.15) is 0 Å². The van der Waals surface area contributed by atoms with Crippen LogP contribution in [0.4, 0.5) is 0 Å². The van der Waals surface area contributed by atoms with Crippen molar-refractivity contribution in [1.82, 2.24) is 15.0 Å². The normalized spacial score (nSPS) is 11.3. The molecule has 0 unspecified atom stereocenters. The van der Waals surface area contributed by atoms with E-state index in [9.17, 15) is 0 Å². The largest absolute Gasteiger partial charge is 0.411 e. The van der Waals surface area contributed by atoms with Gasteiger partial charge >= 0.3 is 0 Å². The lowest BCUT2D eigenvalue weighted by atomic mass is 10.3. The second-order valence-electron chi connectivity index (χ2n) is 2.29. The predicted molar refractivity (Wildman–Crippen MR) is 43.3 cm³/mol. The summed E-state index contributed by atoms with van der Waals surface area (Å²) in [6, 6.07) is 1.80. The lowest BCUT2D eigenvalue weighted by molar-refractivity contribution is 0.322. The van der Waals surface area contributed by atoms with E-state index in [-0.39, 0.29) is 0 Å². The molecular formula is C7H6N4O. The van der Waals surface area contributed by atoms with Crippen LogP contribution in [0.2, 0.25) is 0 Å². The molecule has 5 nitrogen and oxygen atoms in total. The summed E-state index contributed by atoms with van der Waals surface area (Å²) < 4.78 is 0. The van der Waals surface area contributed by atoms with Gasteiger partial charge in [0.2, 0.25) is 0 Å². The van der Waals surface area contributed by atoms with Crippen molar-refractivity contribution in [3.63, 3.8) is 0 Å². The van der Waals surface area contributed by atoms with Crippen molar-refractivity contribution in [1.29, 1.82) is 0 Å². The average molecular weight is 162 g/mol. The smallest absolute Gasteiger partial charge is 0.177 e. The Morgan fingerprint density at radius 3 is 3.25 bits per heavy atom. The number of H-pyrrole nitrogens is 1. The van der Waals surface area contributed by atoms with Gasteiger partial charge in [-0.3, -0.25) is 0 Å². The molecule has 0 radical (unpaired) electrons. The molecule has 0 saturated heterocycles. The molecule has 0 fully saturated rings. The highest BCUT2D eigenvalue weighted by Gasteiger charge is 1.96. The third kappa shape index (κ3) is 1.01. The highest BCUT2D eigenvalue weighted by atomic mass is 16.4. The minimum atomic E-state index is 0.657. The Kier molecular flexibility index (Phi) is 1.48. The zero-order valence-corrected chi connectivity index (χ0v) is 6.10. The fraction of sp³-hybridized carbons (Fsp3) is 0. The van der Waals surface area contributed by atoms with E-state index in [0.717, 1.165) is 11.1 Å². The summed E-state index contributed by atoms with van der Waals surface area (Å²) in [5.41, 5.74) is 2.21. The van der Waals surface area contributed by atoms with E-state index in [1.165, 1.54) is 6.21 Å². The van der Waals surface area contributed by atoms with Gasteiger partial charge in [0.05, 0.1) is 18.1 Å². The van der Waals surface area contributed by atoms with E-state index < -0.39 is 0 Å². The first-order valence-electron chi connectivity index (χ1n) is 3.37. The van der Waals surface area contributed by atoms with Crippen LogP contribution in [-0.4, -0.2) is 26.4 Å². The van der Waals surface area contributed by atoms with Gasteiger partial charge in [0, 0.05) is 11.8 Å². The first-order valence-corrected chi connectivity index (χ1v) is 3.37. The van der Waals surface area contributed by atoms with Crippen molar-refractivity contribution in [3.05, 3.63) is 24.2 Å². The van der Waals surface area contributed by atoms with Crippen LogP contribution in [0.15, 0.2) is 23.7 Å². The molecule has 2 aromatic rings. The molecule has 0 bridgehead atoms. The van der Waals surface area contributed by atoms with Crippen LogP contribution in [-0.2, 0) is 0 Å². The molecule has 12 heavy (non-hydrogen) atoms. The summed E-state index contributed by atoms with van der Waals surface area (Å²) in [4.78, 5) is 10.9. The van der Waals surface area contributed by atoms with Crippen molar-refractivity contribution >= 4 is 17.4 Å². The number of aromatic amines is 1. The second kappa shape index (κ2) is 2.61. The van der Waals surface area contributed by atoms with Crippen molar-refractivity contribution in [2.24, 2.45) is 5.16 Å². The van der Waals surface area contributed by atoms with Crippen LogP contribution < -0.4 is 0 Å². The van der Waals surface area contributed by atoms with Gasteiger partial charge in [-0.1, -0.05) is 5.16 Å². The molecule has 60 valence electrons. The standard InChI is InChI=1S/C7H6N4O/c12-11-3-5-1-6-7(8-2-5)10-4-9-6/h1-4,12H,(H,8,9,10). The average Bonchev–Trinajstić information content (AvgIpc) is 2.51. The zero-order valence-electron chi connectivity index (χ0n) is 6.10. The van der Waals surface area contributed by atoms with E-state index in [4.69, 9.17) is 5.21 Å². The number of rotatable bonds is 1. The maximum absolute atomic E-state index is 8.26. The molecule has 2 N–H and O–H groups in total. The molecule has 0 atom stereocenters. The third-order valence-electron chi connectivity index (χ3n) is 1.50. The Morgan fingerprint density at radius 1 is 1.50 bits per heavy atom. The number of oxime groups is 1. The van der Waals surface area contributed by atoms with E-state index in [1.807, 2.05) is 0 Å². The Labute approximate surface area is 67.8 Å². The topological polar surface area (TPSA) is 74.2 Å². The van der Waals surface area contributed by atoms with Crippen LogP contribution in [0, 0.1) is 0 Å². The molecule has 2 aromatic heterocycles. The SMILES string of the molecule is ON=Cc1cnc2nc[nH]c2c1. The summed E-state index contributed by atoms with van der Waals surface area (Å²) in [7, 11) is 0. The zero-order chi connectivity index (χ0) is 8.39. The van der Waals surface area contributed by atoms with E-state index >= 15 is 0 Å². The number of fused-ring (bicyclic) bond motifs is 1. The summed E-state index contributed by atoms with van der Waals surface area (Å²) in [5.74, 6) is 0. The van der Waals surface area contributed by atoms with E-state index in [2.05, 4.69) is 20.1 Å². The van der Waals surface area contributed by atoms with Crippen molar-refractivity contribution < 1.29 is 5.21 Å². The van der Waals surface area contributed by atoms with Gasteiger partial charge in [-0.2, -0.15) is 0 Å². The Morgan fingerprint density at radius 2 is 2.42 bits per heavy atom. The van der Waals surface area contributed by atoms with Gasteiger partial charge in [0.15, 0.2) is 5.65 Å². The second-order valence-corrected chi connectivity index (χ2v) is 2.29. The lowest BCUT2D eigenvalue weighted by Gasteiger charge is -1.89. The minimum absolute atomic E-state index is 0.657. The molecule has 0 aliphatic rings. The fourth-order valence-corrected chi connectivity index (χ4v) is 0.983. The Bertz CT molecular complexity index is 420. The first kappa shape index (κ1) is 6.78. The summed E-state index contributed by atoms with van der Waals surface area (Å²) in [5, 5.41) is 11.2. The van der Waals surface area contributed by atoms with E-state index in [1.54, 1.807) is 18.6 Å². The molecule has 2 rings (SSSR count). The molecule has 5 heteroatoms. The van der Waals surface area contributed by atoms with Crippen molar-refractivity contribution in [3.8, 4) is 0 Å². The maximum atomic E-state index is 8.26. The fourth-order valence-electron chi connectivity index (χ4n) is 0.983. The van der Waals surface area contributed by atoms with Gasteiger partial charge in [0.25, 0.3) is 0 Å². The number of pyridine rings is 1. The molecule has 0 aliphatic heterocycles. The molecule has 0 aliphatic carbocycles. The van der Waals surface area contributed by atoms with Crippen LogP contribution in [0.3, 0.4) is 0 Å². The number of imidazole rings is 1. The van der Waals surface area contributed by atoms with Crippen LogP contribution >= 0.6 is 0 Å². The number of nitrogens with one attached hydrogen (secondary N) is 1. The predicted octanol–water partition coefficient (Wildman–Crippen LogP) is 0.766. The quantitative estimate of drug-likeness (QED) is 0.369. The third-order valence-corrected chi connectivity index (χ3v) is 1.50. The minimum Gasteiger partial charge on any atom is -0.411 e. The van der Waals surface area contributed by atoms with Crippen LogP contribution in [0.1, 0.15) is 5.56 Å². The number of hydrogen-bond acceptors (Lipinski definition) is 4. The number of nitrogens with zero attached hydrogens (tertiary/aromatic N) is 3. The molecule has 0 aromatic carbocycles. The van der Waals surface area contributed by atoms with E-state index in [0.29, 0.717) is 5.65 Å². The van der Waals surface area contributed by atoms with Gasteiger partial charge < -0.3 is 10.2 Å². The summed E-state index contributed by atoms with van der Waals surface area (Å²) >= 11 is 0. The van der Waals surface area contributed by atoms with Crippen LogP contribution in [0.25, 0.3) is 11.2 Å². The van der Waals surface area contributed by atoms with Crippen molar-refractivity contribution in [2.45, 2.75) is 0 Å². The Hall–Kier alpha value is -1.91. The van der Waals surface area contributed by atoms with Gasteiger partial charge in [-0.15, -0.1) is 0 Å². The molecule has 0 amide bonds. The lowest BCUT2D eigenvalue weighted by Crippen LogP contribution is -1.84. The Balaban J connectivity index is 2.60. The highest BCUT2D eigenvalue weighted by molar-refractivity contribution is 5.84. The monoisotopic (exact) mass is 162 g/mol. The number of aromatic nitrogens is 3. The number of hydrogen-bond donors (Lipinski definition) is 2. The van der Waals surface area contributed by atoms with Gasteiger partial charge in [-0.05, 0) is 6.07 Å².